The minimum absolute atomic E-state index is 0.0293. The molecule has 4 N–H and O–H groups in total. The largest absolute Gasteiger partial charge is 0.397 e. The van der Waals surface area contributed by atoms with E-state index in [4.69, 9.17) is 17.3 Å². The molecule has 90 valence electrons. The second-order valence-corrected chi connectivity index (χ2v) is 4.01. The van der Waals surface area contributed by atoms with Crippen LogP contribution in [0.15, 0.2) is 24.7 Å². The first-order valence-corrected chi connectivity index (χ1v) is 5.50. The summed E-state index contributed by atoms with van der Waals surface area (Å²) in [4.78, 5) is 6.89. The summed E-state index contributed by atoms with van der Waals surface area (Å²) in [7, 11) is 0. The van der Waals surface area contributed by atoms with Crippen LogP contribution in [-0.4, -0.2) is 16.5 Å². The molecule has 1 aromatic heterocycles. The fourth-order valence-electron chi connectivity index (χ4n) is 1.47. The number of imidazole rings is 1. The number of nitrogens with one attached hydrogen (secondary N) is 2. The van der Waals surface area contributed by atoms with Crippen molar-refractivity contribution in [1.29, 1.82) is 0 Å². The third-order valence-electron chi connectivity index (χ3n) is 2.36. The van der Waals surface area contributed by atoms with Gasteiger partial charge in [-0.05, 0) is 6.07 Å². The van der Waals surface area contributed by atoms with Crippen molar-refractivity contribution in [3.8, 4) is 0 Å². The van der Waals surface area contributed by atoms with Crippen LogP contribution >= 0.6 is 11.6 Å². The highest BCUT2D eigenvalue weighted by Crippen LogP contribution is 2.25. The molecule has 0 atom stereocenters. The minimum Gasteiger partial charge on any atom is -0.397 e. The van der Waals surface area contributed by atoms with Gasteiger partial charge < -0.3 is 16.0 Å². The molecule has 0 aliphatic rings. The molecule has 0 spiro atoms. The van der Waals surface area contributed by atoms with E-state index in [2.05, 4.69) is 15.3 Å². The lowest BCUT2D eigenvalue weighted by Gasteiger charge is -2.09. The molecule has 4 nitrogen and oxygen atoms in total. The smallest absolute Gasteiger partial charge is 0.143 e. The van der Waals surface area contributed by atoms with Crippen LogP contribution in [0.3, 0.4) is 0 Å². The van der Waals surface area contributed by atoms with E-state index >= 15 is 0 Å². The van der Waals surface area contributed by atoms with Gasteiger partial charge in [0.05, 0.1) is 22.7 Å². The summed E-state index contributed by atoms with van der Waals surface area (Å²) in [5, 5.41) is 3.08. The van der Waals surface area contributed by atoms with Gasteiger partial charge in [-0.15, -0.1) is 0 Å². The van der Waals surface area contributed by atoms with Gasteiger partial charge in [0.1, 0.15) is 5.82 Å². The molecule has 0 saturated carbocycles. The Hall–Kier alpha value is -1.75. The van der Waals surface area contributed by atoms with Crippen LogP contribution in [0.1, 0.15) is 5.69 Å². The zero-order valence-corrected chi connectivity index (χ0v) is 9.76. The van der Waals surface area contributed by atoms with E-state index in [0.717, 1.165) is 12.1 Å². The number of nitrogens with two attached hydrogens (primary N) is 1. The van der Waals surface area contributed by atoms with Crippen molar-refractivity contribution < 1.29 is 4.39 Å². The first kappa shape index (κ1) is 11.7. The van der Waals surface area contributed by atoms with Gasteiger partial charge in [-0.3, -0.25) is 0 Å². The number of benzene rings is 1. The van der Waals surface area contributed by atoms with E-state index < -0.39 is 5.82 Å². The van der Waals surface area contributed by atoms with Crippen LogP contribution in [0.4, 0.5) is 15.8 Å². The van der Waals surface area contributed by atoms with Gasteiger partial charge in [0.15, 0.2) is 0 Å². The zero-order valence-electron chi connectivity index (χ0n) is 9.00. The van der Waals surface area contributed by atoms with E-state index in [9.17, 15) is 4.39 Å². The van der Waals surface area contributed by atoms with E-state index in [1.807, 2.05) is 0 Å². The maximum absolute atomic E-state index is 13.2. The number of H-pyrrole nitrogens is 1. The van der Waals surface area contributed by atoms with Crippen LogP contribution in [0.25, 0.3) is 0 Å². The maximum atomic E-state index is 13.2. The van der Waals surface area contributed by atoms with Crippen molar-refractivity contribution in [1.82, 2.24) is 9.97 Å². The van der Waals surface area contributed by atoms with Gasteiger partial charge in [-0.1, -0.05) is 11.6 Å². The summed E-state index contributed by atoms with van der Waals surface area (Å²) in [6, 6.07) is 2.69. The number of rotatable bonds is 4. The Kier molecular flexibility index (Phi) is 3.49. The van der Waals surface area contributed by atoms with E-state index in [1.54, 1.807) is 12.5 Å². The van der Waals surface area contributed by atoms with Gasteiger partial charge in [-0.2, -0.15) is 0 Å². The molecule has 1 aromatic carbocycles. The number of anilines is 2. The molecule has 0 amide bonds. The number of hydrogen-bond donors (Lipinski definition) is 3. The standard InChI is InChI=1S/C11H12ClFN4/c12-8-3-10(14)11(4-9(8)13)16-2-1-7-5-15-6-17-7/h3-6,16H,1-2,14H2,(H,15,17). The maximum Gasteiger partial charge on any atom is 0.143 e. The van der Waals surface area contributed by atoms with Crippen molar-refractivity contribution in [2.24, 2.45) is 0 Å². The van der Waals surface area contributed by atoms with Gasteiger partial charge in [0.25, 0.3) is 0 Å². The highest BCUT2D eigenvalue weighted by molar-refractivity contribution is 6.31. The first-order chi connectivity index (χ1) is 8.16. The lowest BCUT2D eigenvalue weighted by molar-refractivity contribution is 0.629. The number of hydrogen-bond acceptors (Lipinski definition) is 3. The van der Waals surface area contributed by atoms with Crippen LogP contribution in [-0.2, 0) is 6.42 Å². The van der Waals surface area contributed by atoms with Crippen LogP contribution in [0, 0.1) is 5.82 Å². The van der Waals surface area contributed by atoms with E-state index in [1.165, 1.54) is 12.1 Å². The highest BCUT2D eigenvalue weighted by Gasteiger charge is 2.05. The predicted molar refractivity (Wildman–Crippen MR) is 66.6 cm³/mol. The van der Waals surface area contributed by atoms with Gasteiger partial charge in [-0.25, -0.2) is 9.37 Å². The number of aromatic amines is 1. The lowest BCUT2D eigenvalue weighted by atomic mass is 10.2. The molecule has 6 heteroatoms. The van der Waals surface area contributed by atoms with Gasteiger partial charge >= 0.3 is 0 Å². The number of halogens is 2. The number of nitrogens with zero attached hydrogens (tertiary/aromatic N) is 1. The van der Waals surface area contributed by atoms with Gasteiger partial charge in [0, 0.05) is 30.9 Å². The Morgan fingerprint density at radius 2 is 2.29 bits per heavy atom. The summed E-state index contributed by atoms with van der Waals surface area (Å²) >= 11 is 5.61. The Bertz CT molecular complexity index is 498. The minimum atomic E-state index is -0.482. The fraction of sp³-hybridized carbons (Fsp3) is 0.182. The Labute approximate surface area is 103 Å². The normalized spacial score (nSPS) is 10.5. The highest BCUT2D eigenvalue weighted by atomic mass is 35.5. The molecular formula is C11H12ClFN4. The summed E-state index contributed by atoms with van der Waals surface area (Å²) in [6.45, 7) is 0.632. The Morgan fingerprint density at radius 3 is 3.00 bits per heavy atom. The van der Waals surface area contributed by atoms with Crippen LogP contribution in [0.2, 0.25) is 5.02 Å². The Balaban J connectivity index is 1.97. The van der Waals surface area contributed by atoms with Crippen molar-refractivity contribution in [3.05, 3.63) is 41.2 Å². The first-order valence-electron chi connectivity index (χ1n) is 5.12. The molecule has 2 rings (SSSR count). The summed E-state index contributed by atoms with van der Waals surface area (Å²) in [5.74, 6) is -0.482. The SMILES string of the molecule is Nc1cc(Cl)c(F)cc1NCCc1cnc[nH]1. The molecule has 0 saturated heterocycles. The van der Waals surface area contributed by atoms with Crippen molar-refractivity contribution in [2.45, 2.75) is 6.42 Å². The molecule has 0 aliphatic carbocycles. The summed E-state index contributed by atoms with van der Waals surface area (Å²) < 4.78 is 13.2. The average molecular weight is 255 g/mol. The van der Waals surface area contributed by atoms with E-state index in [-0.39, 0.29) is 5.02 Å². The molecule has 2 aromatic rings. The second kappa shape index (κ2) is 5.05. The summed E-state index contributed by atoms with van der Waals surface area (Å²) in [6.07, 6.45) is 4.11. The molecule has 0 bridgehead atoms. The van der Waals surface area contributed by atoms with E-state index in [0.29, 0.717) is 17.9 Å². The topological polar surface area (TPSA) is 66.7 Å². The third-order valence-corrected chi connectivity index (χ3v) is 2.65. The molecule has 0 radical (unpaired) electrons. The zero-order chi connectivity index (χ0) is 12.3. The lowest BCUT2D eigenvalue weighted by Crippen LogP contribution is -2.07. The summed E-state index contributed by atoms with van der Waals surface area (Å²) in [5.41, 5.74) is 7.70. The van der Waals surface area contributed by atoms with Crippen molar-refractivity contribution >= 4 is 23.0 Å². The quantitative estimate of drug-likeness (QED) is 0.734. The predicted octanol–water partition coefficient (Wildman–Crippen LogP) is 2.44. The van der Waals surface area contributed by atoms with Crippen LogP contribution < -0.4 is 11.1 Å². The molecule has 0 aliphatic heterocycles. The molecule has 1 heterocycles. The molecular weight excluding hydrogens is 243 g/mol. The van der Waals surface area contributed by atoms with Crippen molar-refractivity contribution in [2.75, 3.05) is 17.6 Å². The monoisotopic (exact) mass is 254 g/mol. The molecule has 17 heavy (non-hydrogen) atoms. The van der Waals surface area contributed by atoms with Crippen molar-refractivity contribution in [3.63, 3.8) is 0 Å². The molecule has 0 fully saturated rings. The Morgan fingerprint density at radius 1 is 1.47 bits per heavy atom. The third kappa shape index (κ3) is 2.88. The van der Waals surface area contributed by atoms with Crippen LogP contribution in [0.5, 0.6) is 0 Å². The van der Waals surface area contributed by atoms with Gasteiger partial charge in [0.2, 0.25) is 0 Å². The number of aromatic nitrogens is 2. The number of nitrogen functional groups attached to an aromatic ring is 1. The fourth-order valence-corrected chi connectivity index (χ4v) is 1.64. The average Bonchev–Trinajstić information content (AvgIpc) is 2.78. The molecule has 0 unspecified atom stereocenters. The second-order valence-electron chi connectivity index (χ2n) is 3.61.